The first-order valence-electron chi connectivity index (χ1n) is 11.2. The molecule has 4 nitrogen and oxygen atoms in total. The van der Waals surface area contributed by atoms with E-state index >= 15 is 0 Å². The average molecular weight is 647 g/mol. The summed E-state index contributed by atoms with van der Waals surface area (Å²) in [6.45, 7) is 4.48. The minimum atomic E-state index is 0. The van der Waals surface area contributed by atoms with Gasteiger partial charge in [0, 0.05) is 31.6 Å². The monoisotopic (exact) mass is 643 g/mol. The molecule has 2 saturated heterocycles. The number of hydrogen-bond acceptors (Lipinski definition) is 4. The van der Waals surface area contributed by atoms with Crippen molar-refractivity contribution in [2.45, 2.75) is 25.7 Å². The van der Waals surface area contributed by atoms with Crippen LogP contribution in [0.4, 0.5) is 0 Å². The van der Waals surface area contributed by atoms with Crippen molar-refractivity contribution in [2.75, 3.05) is 40.3 Å². The molecule has 0 saturated carbocycles. The molecule has 0 aliphatic carbocycles. The Balaban J connectivity index is 0.000000551. The summed E-state index contributed by atoms with van der Waals surface area (Å²) < 4.78 is 0. The first-order valence-corrected chi connectivity index (χ1v) is 12.7. The van der Waals surface area contributed by atoms with Crippen LogP contribution in [-0.4, -0.2) is 78.9 Å². The standard InChI is InChI=1S/C13H15Cl2NO.C7H3Cl2N.C6H12N.BrH.Mg/c1-16-4-2-9(3-5-16)13(17)10-6-11(14)8-12(15)7-10;8-6-1-5(4-10)2-7(9)3-6;1-7-5-3-2-4-6-7;;/h6-9H,2-5H2,1H3;1-3H;2H,3-6H2,1H3;1H;/q;;-1;;+2/p-1. The molecule has 0 radical (unpaired) electrons. The molecule has 2 heterocycles. The second-order valence-corrected chi connectivity index (χ2v) is 10.3. The quantitative estimate of drug-likeness (QED) is 0.282. The molecule has 0 N–H and O–H groups in total. The van der Waals surface area contributed by atoms with Crippen LogP contribution in [0.5, 0.6) is 0 Å². The summed E-state index contributed by atoms with van der Waals surface area (Å²) in [7, 11) is 4.25. The van der Waals surface area contributed by atoms with Crippen LogP contribution in [0.2, 0.25) is 20.1 Å². The Labute approximate surface area is 262 Å². The van der Waals surface area contributed by atoms with Crippen molar-refractivity contribution in [3.8, 4) is 6.07 Å². The van der Waals surface area contributed by atoms with Crippen molar-refractivity contribution in [3.63, 3.8) is 0 Å². The van der Waals surface area contributed by atoms with Gasteiger partial charge in [-0.25, -0.2) is 0 Å². The van der Waals surface area contributed by atoms with Gasteiger partial charge in [-0.15, -0.1) is 0 Å². The number of Topliss-reactive ketones (excluding diaryl/α,β-unsaturated/α-hetero) is 1. The van der Waals surface area contributed by atoms with Crippen molar-refractivity contribution in [3.05, 3.63) is 74.0 Å². The summed E-state index contributed by atoms with van der Waals surface area (Å²) >= 11 is 23.0. The van der Waals surface area contributed by atoms with Crippen LogP contribution in [0.3, 0.4) is 0 Å². The van der Waals surface area contributed by atoms with E-state index in [4.69, 9.17) is 51.7 Å². The van der Waals surface area contributed by atoms with Crippen LogP contribution in [0.1, 0.15) is 41.6 Å². The number of benzene rings is 2. The second-order valence-electron chi connectivity index (χ2n) is 8.54. The van der Waals surface area contributed by atoms with Crippen molar-refractivity contribution in [2.24, 2.45) is 5.92 Å². The molecule has 0 atom stereocenters. The first kappa shape index (κ1) is 35.9. The molecule has 0 unspecified atom stereocenters. The molecular formula is C26H30BrCl4MgN3O. The number of ketones is 1. The minimum absolute atomic E-state index is 0. The maximum Gasteiger partial charge on any atom is 2.00 e. The Morgan fingerprint density at radius 3 is 1.64 bits per heavy atom. The van der Waals surface area contributed by atoms with Crippen LogP contribution < -0.4 is 17.0 Å². The van der Waals surface area contributed by atoms with Crippen molar-refractivity contribution < 1.29 is 21.8 Å². The molecule has 2 aliphatic rings. The second kappa shape index (κ2) is 19.1. The van der Waals surface area contributed by atoms with Gasteiger partial charge in [0.25, 0.3) is 0 Å². The van der Waals surface area contributed by atoms with E-state index in [-0.39, 0.29) is 51.7 Å². The van der Waals surface area contributed by atoms with E-state index < -0.39 is 0 Å². The van der Waals surface area contributed by atoms with E-state index in [2.05, 4.69) is 30.3 Å². The zero-order chi connectivity index (χ0) is 25.1. The van der Waals surface area contributed by atoms with Crippen LogP contribution in [-0.2, 0) is 0 Å². The molecule has 0 spiro atoms. The first-order chi connectivity index (χ1) is 16.2. The number of halogens is 5. The van der Waals surface area contributed by atoms with Crippen molar-refractivity contribution >= 4 is 75.2 Å². The van der Waals surface area contributed by atoms with E-state index in [0.29, 0.717) is 31.2 Å². The third-order valence-electron chi connectivity index (χ3n) is 5.66. The fourth-order valence-corrected chi connectivity index (χ4v) is 4.75. The summed E-state index contributed by atoms with van der Waals surface area (Å²) in [6, 6.07) is 11.7. The van der Waals surface area contributed by atoms with Gasteiger partial charge in [0.2, 0.25) is 0 Å². The molecule has 4 rings (SSSR count). The maximum absolute atomic E-state index is 12.3. The van der Waals surface area contributed by atoms with Gasteiger partial charge in [0.1, 0.15) is 0 Å². The molecule has 192 valence electrons. The Hall–Kier alpha value is -0.0738. The van der Waals surface area contributed by atoms with Gasteiger partial charge in [0.15, 0.2) is 5.78 Å². The van der Waals surface area contributed by atoms with Gasteiger partial charge in [-0.2, -0.15) is 18.1 Å². The van der Waals surface area contributed by atoms with Crippen LogP contribution in [0.25, 0.3) is 0 Å². The molecule has 2 aromatic rings. The maximum atomic E-state index is 12.3. The largest absolute Gasteiger partial charge is 2.00 e. The van der Waals surface area contributed by atoms with Gasteiger partial charge in [0.05, 0.1) is 11.6 Å². The van der Waals surface area contributed by atoms with E-state index in [1.807, 2.05) is 6.07 Å². The van der Waals surface area contributed by atoms with E-state index in [1.165, 1.54) is 25.9 Å². The number of likely N-dealkylation sites (tertiary alicyclic amines) is 2. The summed E-state index contributed by atoms with van der Waals surface area (Å²) in [5.74, 6) is 0.281. The van der Waals surface area contributed by atoms with Gasteiger partial charge in [-0.05, 0) is 89.5 Å². The fourth-order valence-electron chi connectivity index (χ4n) is 3.70. The average Bonchev–Trinajstić information content (AvgIpc) is 2.79. The molecule has 2 aliphatic heterocycles. The predicted molar refractivity (Wildman–Crippen MR) is 149 cm³/mol. The number of carbonyl (C=O) groups is 1. The SMILES string of the molecule is CN1CCC(C(=O)c2cc(Cl)cc(Cl)c2)CC1.CN1CC[CH-]CC1.N#Cc1cc(Cl)cc(Cl)c1.[Br-].[Mg+2]. The number of rotatable bonds is 2. The Kier molecular flexibility index (Phi) is 19.0. The fraction of sp³-hybridized carbons (Fsp3) is 0.423. The molecule has 2 fully saturated rings. The normalized spacial score (nSPS) is 16.0. The number of nitriles is 1. The third kappa shape index (κ3) is 13.6. The molecule has 10 heteroatoms. The summed E-state index contributed by atoms with van der Waals surface area (Å²) in [5, 5.41) is 10.4. The molecular weight excluding hydrogens is 616 g/mol. The molecule has 36 heavy (non-hydrogen) atoms. The van der Waals surface area contributed by atoms with Crippen LogP contribution >= 0.6 is 46.4 Å². The zero-order valence-electron chi connectivity index (χ0n) is 20.6. The number of piperidine rings is 2. The summed E-state index contributed by atoms with van der Waals surface area (Å²) in [4.78, 5) is 16.9. The predicted octanol–water partition coefficient (Wildman–Crippen LogP) is 3.92. The number of nitrogens with zero attached hydrogens (tertiary/aromatic N) is 3. The Morgan fingerprint density at radius 2 is 1.25 bits per heavy atom. The third-order valence-corrected chi connectivity index (χ3v) is 6.53. The van der Waals surface area contributed by atoms with Gasteiger partial charge in [-0.1, -0.05) is 46.4 Å². The molecule has 0 amide bonds. The van der Waals surface area contributed by atoms with Gasteiger partial charge >= 0.3 is 23.1 Å². The number of carbonyl (C=O) groups excluding carboxylic acids is 1. The van der Waals surface area contributed by atoms with Gasteiger partial charge in [-0.3, -0.25) is 4.79 Å². The van der Waals surface area contributed by atoms with Gasteiger partial charge < -0.3 is 33.2 Å². The van der Waals surface area contributed by atoms with Crippen molar-refractivity contribution in [1.82, 2.24) is 9.80 Å². The summed E-state index contributed by atoms with van der Waals surface area (Å²) in [6.07, 6.45) is 6.77. The Morgan fingerprint density at radius 1 is 0.833 bits per heavy atom. The summed E-state index contributed by atoms with van der Waals surface area (Å²) in [5.41, 5.74) is 1.12. The zero-order valence-corrected chi connectivity index (χ0v) is 26.6. The van der Waals surface area contributed by atoms with E-state index in [9.17, 15) is 4.79 Å². The molecule has 2 aromatic carbocycles. The van der Waals surface area contributed by atoms with Crippen LogP contribution in [0.15, 0.2) is 36.4 Å². The minimum Gasteiger partial charge on any atom is -1.00 e. The van der Waals surface area contributed by atoms with E-state index in [0.717, 1.165) is 25.9 Å². The smallest absolute Gasteiger partial charge is 1.00 e. The molecule has 0 aromatic heterocycles. The Bertz CT molecular complexity index is 951. The van der Waals surface area contributed by atoms with Crippen LogP contribution in [0, 0.1) is 23.7 Å². The van der Waals surface area contributed by atoms with E-state index in [1.54, 1.807) is 36.4 Å². The van der Waals surface area contributed by atoms with Crippen molar-refractivity contribution in [1.29, 1.82) is 5.26 Å². The number of hydrogen-bond donors (Lipinski definition) is 0. The molecule has 0 bridgehead atoms. The topological polar surface area (TPSA) is 47.3 Å².